The SMILES string of the molecule is COC(=O)C(Br)c1ccc(Cl)cc1.O=C(O)Cc1ccc(Cl)cc1. The Balaban J connectivity index is 0.000000243. The first-order chi connectivity index (χ1) is 11.3. The van der Waals surface area contributed by atoms with E-state index in [1.54, 1.807) is 48.5 Å². The second-order valence-corrected chi connectivity index (χ2v) is 6.42. The summed E-state index contributed by atoms with van der Waals surface area (Å²) >= 11 is 14.5. The van der Waals surface area contributed by atoms with E-state index in [-0.39, 0.29) is 12.4 Å². The van der Waals surface area contributed by atoms with E-state index >= 15 is 0 Å². The van der Waals surface area contributed by atoms with Crippen LogP contribution in [-0.2, 0) is 20.7 Å². The average Bonchev–Trinajstić information content (AvgIpc) is 2.56. The molecule has 0 saturated heterocycles. The number of esters is 1. The van der Waals surface area contributed by atoms with Gasteiger partial charge in [0.2, 0.25) is 0 Å². The molecule has 1 unspecified atom stereocenters. The summed E-state index contributed by atoms with van der Waals surface area (Å²) in [4.78, 5) is 20.9. The Hall–Kier alpha value is -1.56. The number of aliphatic carboxylic acids is 1. The van der Waals surface area contributed by atoms with Crippen molar-refractivity contribution in [3.05, 3.63) is 69.7 Å². The number of carbonyl (C=O) groups is 2. The molecule has 0 fully saturated rings. The summed E-state index contributed by atoms with van der Waals surface area (Å²) in [5.41, 5.74) is 1.60. The Labute approximate surface area is 158 Å². The van der Waals surface area contributed by atoms with Gasteiger partial charge in [-0.2, -0.15) is 0 Å². The lowest BCUT2D eigenvalue weighted by Crippen LogP contribution is -2.07. The lowest BCUT2D eigenvalue weighted by atomic mass is 10.1. The minimum absolute atomic E-state index is 0.0527. The molecule has 0 radical (unpaired) electrons. The van der Waals surface area contributed by atoms with Crippen LogP contribution in [-0.4, -0.2) is 24.2 Å². The predicted molar refractivity (Wildman–Crippen MR) is 97.9 cm³/mol. The van der Waals surface area contributed by atoms with E-state index in [2.05, 4.69) is 20.7 Å². The van der Waals surface area contributed by atoms with E-state index in [1.165, 1.54) is 7.11 Å². The molecule has 0 amide bonds. The maximum atomic E-state index is 11.1. The molecular formula is C17H15BrCl2O4. The lowest BCUT2D eigenvalue weighted by molar-refractivity contribution is -0.140. The molecule has 0 saturated carbocycles. The van der Waals surface area contributed by atoms with Crippen molar-refractivity contribution in [3.8, 4) is 0 Å². The lowest BCUT2D eigenvalue weighted by Gasteiger charge is -2.06. The number of alkyl halides is 1. The van der Waals surface area contributed by atoms with Crippen molar-refractivity contribution in [2.24, 2.45) is 0 Å². The molecule has 24 heavy (non-hydrogen) atoms. The number of carbonyl (C=O) groups excluding carboxylic acids is 1. The number of methoxy groups -OCH3 is 1. The molecular weight excluding hydrogens is 419 g/mol. The van der Waals surface area contributed by atoms with Gasteiger partial charge >= 0.3 is 11.9 Å². The van der Waals surface area contributed by atoms with E-state index in [9.17, 15) is 9.59 Å². The summed E-state index contributed by atoms with van der Waals surface area (Å²) in [6, 6.07) is 13.8. The van der Waals surface area contributed by atoms with Gasteiger partial charge in [0, 0.05) is 10.0 Å². The van der Waals surface area contributed by atoms with E-state index in [0.29, 0.717) is 10.0 Å². The highest BCUT2D eigenvalue weighted by molar-refractivity contribution is 9.09. The summed E-state index contributed by atoms with van der Waals surface area (Å²) in [6.07, 6.45) is 0.0527. The fraction of sp³-hybridized carbons (Fsp3) is 0.176. The smallest absolute Gasteiger partial charge is 0.323 e. The summed E-state index contributed by atoms with van der Waals surface area (Å²) < 4.78 is 4.58. The van der Waals surface area contributed by atoms with Gasteiger partial charge < -0.3 is 9.84 Å². The summed E-state index contributed by atoms with van der Waals surface area (Å²) in [7, 11) is 1.35. The first-order valence-corrected chi connectivity index (χ1v) is 8.44. The minimum atomic E-state index is -0.827. The van der Waals surface area contributed by atoms with Crippen molar-refractivity contribution >= 4 is 51.1 Å². The number of hydrogen-bond acceptors (Lipinski definition) is 3. The first-order valence-electron chi connectivity index (χ1n) is 6.77. The molecule has 0 aliphatic carbocycles. The second-order valence-electron chi connectivity index (χ2n) is 4.63. The number of benzene rings is 2. The number of carboxylic acid groups (broad SMARTS) is 1. The van der Waals surface area contributed by atoms with Crippen molar-refractivity contribution in [3.63, 3.8) is 0 Å². The Morgan fingerprint density at radius 1 is 1.04 bits per heavy atom. The Kier molecular flexibility index (Phi) is 8.82. The quantitative estimate of drug-likeness (QED) is 0.549. The predicted octanol–water partition coefficient (Wildman–Crippen LogP) is 4.92. The zero-order chi connectivity index (χ0) is 18.1. The van der Waals surface area contributed by atoms with Crippen LogP contribution in [0.4, 0.5) is 0 Å². The largest absolute Gasteiger partial charge is 0.481 e. The molecule has 2 rings (SSSR count). The fourth-order valence-electron chi connectivity index (χ4n) is 1.65. The van der Waals surface area contributed by atoms with Crippen LogP contribution in [0.2, 0.25) is 10.0 Å². The molecule has 0 aliphatic heterocycles. The van der Waals surface area contributed by atoms with Gasteiger partial charge in [-0.3, -0.25) is 9.59 Å². The standard InChI is InChI=1S/C9H8BrClO2.C8H7ClO2/c1-13-9(12)8(10)6-2-4-7(11)5-3-6;9-7-3-1-6(2-4-7)5-8(10)11/h2-5,8H,1H3;1-4H,5H2,(H,10,11). The average molecular weight is 434 g/mol. The molecule has 1 N–H and O–H groups in total. The van der Waals surface area contributed by atoms with Gasteiger partial charge in [-0.05, 0) is 35.4 Å². The summed E-state index contributed by atoms with van der Waals surface area (Å²) in [6.45, 7) is 0. The zero-order valence-corrected chi connectivity index (χ0v) is 15.8. The van der Waals surface area contributed by atoms with Crippen molar-refractivity contribution in [2.45, 2.75) is 11.2 Å². The highest BCUT2D eigenvalue weighted by Gasteiger charge is 2.16. The van der Waals surface area contributed by atoms with Crippen LogP contribution in [0.25, 0.3) is 0 Å². The molecule has 2 aromatic rings. The Morgan fingerprint density at radius 3 is 1.92 bits per heavy atom. The fourth-order valence-corrected chi connectivity index (χ4v) is 2.39. The molecule has 7 heteroatoms. The van der Waals surface area contributed by atoms with E-state index in [1.807, 2.05) is 0 Å². The molecule has 0 heterocycles. The molecule has 0 bridgehead atoms. The monoisotopic (exact) mass is 432 g/mol. The molecule has 0 aliphatic rings. The highest BCUT2D eigenvalue weighted by atomic mass is 79.9. The molecule has 2 aromatic carbocycles. The van der Waals surface area contributed by atoms with Crippen molar-refractivity contribution in [2.75, 3.05) is 7.11 Å². The van der Waals surface area contributed by atoms with E-state index in [0.717, 1.165) is 11.1 Å². The highest BCUT2D eigenvalue weighted by Crippen LogP contribution is 2.25. The van der Waals surface area contributed by atoms with Gasteiger partial charge in [0.1, 0.15) is 4.83 Å². The van der Waals surface area contributed by atoms with Gasteiger partial charge in [0.05, 0.1) is 13.5 Å². The number of carboxylic acids is 1. The molecule has 4 nitrogen and oxygen atoms in total. The van der Waals surface area contributed by atoms with Crippen LogP contribution < -0.4 is 0 Å². The first kappa shape index (κ1) is 20.5. The number of hydrogen-bond donors (Lipinski definition) is 1. The molecule has 1 atom stereocenters. The Morgan fingerprint density at radius 2 is 1.50 bits per heavy atom. The van der Waals surface area contributed by atoms with E-state index < -0.39 is 10.8 Å². The van der Waals surface area contributed by atoms with Gasteiger partial charge in [-0.15, -0.1) is 0 Å². The third kappa shape index (κ3) is 7.34. The van der Waals surface area contributed by atoms with Crippen LogP contribution >= 0.6 is 39.1 Å². The molecule has 128 valence electrons. The minimum Gasteiger partial charge on any atom is -0.481 e. The number of rotatable bonds is 4. The topological polar surface area (TPSA) is 63.6 Å². The van der Waals surface area contributed by atoms with Crippen molar-refractivity contribution < 1.29 is 19.4 Å². The van der Waals surface area contributed by atoms with Crippen molar-refractivity contribution in [1.29, 1.82) is 0 Å². The Bertz CT molecular complexity index is 672. The van der Waals surface area contributed by atoms with Gasteiger partial charge in [0.25, 0.3) is 0 Å². The van der Waals surface area contributed by atoms with E-state index in [4.69, 9.17) is 28.3 Å². The number of halogens is 3. The normalized spacial score (nSPS) is 11.0. The third-order valence-electron chi connectivity index (χ3n) is 2.84. The third-order valence-corrected chi connectivity index (χ3v) is 4.25. The zero-order valence-electron chi connectivity index (χ0n) is 12.7. The maximum absolute atomic E-state index is 11.1. The maximum Gasteiger partial charge on any atom is 0.323 e. The van der Waals surface area contributed by atoms with Crippen LogP contribution in [0, 0.1) is 0 Å². The van der Waals surface area contributed by atoms with Gasteiger partial charge in [-0.25, -0.2) is 0 Å². The second kappa shape index (κ2) is 10.3. The van der Waals surface area contributed by atoms with Gasteiger partial charge in [-0.1, -0.05) is 63.4 Å². The van der Waals surface area contributed by atoms with Crippen LogP contribution in [0.1, 0.15) is 16.0 Å². The molecule has 0 aromatic heterocycles. The number of ether oxygens (including phenoxy) is 1. The summed E-state index contributed by atoms with van der Waals surface area (Å²) in [5, 5.41) is 9.67. The van der Waals surface area contributed by atoms with Crippen LogP contribution in [0.5, 0.6) is 0 Å². The summed E-state index contributed by atoms with van der Waals surface area (Å²) in [5.74, 6) is -1.14. The molecule has 0 spiro atoms. The van der Waals surface area contributed by atoms with Gasteiger partial charge in [0.15, 0.2) is 0 Å². The van der Waals surface area contributed by atoms with Crippen LogP contribution in [0.3, 0.4) is 0 Å². The van der Waals surface area contributed by atoms with Crippen LogP contribution in [0.15, 0.2) is 48.5 Å². The van der Waals surface area contributed by atoms with Crippen molar-refractivity contribution in [1.82, 2.24) is 0 Å².